The molecule has 174 valence electrons. The average Bonchev–Trinajstić information content (AvgIpc) is 3.61. The standard InChI is InChI=1S/C26H28N6O2/c1-17-12-18(13-27)4-6-21(17)22-15-30-32(26(22)34)23-7-5-19(14-29-23)25(33)24-20(8-9-28-24)16-31-10-2-3-11-31/h4-7,12,14-15,20,24,28,34H,2-3,8-11,16H2,1H3/t20-,24?/m1/s1. The molecule has 1 aromatic carbocycles. The van der Waals surface area contributed by atoms with Crippen molar-refractivity contribution >= 4 is 5.78 Å². The van der Waals surface area contributed by atoms with Crippen molar-refractivity contribution in [3.8, 4) is 28.9 Å². The van der Waals surface area contributed by atoms with E-state index in [1.165, 1.54) is 17.5 Å². The smallest absolute Gasteiger partial charge is 0.223 e. The molecule has 8 nitrogen and oxygen atoms in total. The maximum absolute atomic E-state index is 13.2. The summed E-state index contributed by atoms with van der Waals surface area (Å²) in [6.45, 7) is 5.97. The summed E-state index contributed by atoms with van der Waals surface area (Å²) in [7, 11) is 0. The Balaban J connectivity index is 1.33. The molecule has 2 fully saturated rings. The first-order valence-corrected chi connectivity index (χ1v) is 11.8. The van der Waals surface area contributed by atoms with Crippen molar-refractivity contribution < 1.29 is 9.90 Å². The molecule has 0 spiro atoms. The number of carbonyl (C=O) groups is 1. The molecule has 2 aromatic heterocycles. The second-order valence-corrected chi connectivity index (χ2v) is 9.19. The van der Waals surface area contributed by atoms with Crippen molar-refractivity contribution in [3.63, 3.8) is 0 Å². The van der Waals surface area contributed by atoms with Crippen molar-refractivity contribution in [2.75, 3.05) is 26.2 Å². The largest absolute Gasteiger partial charge is 0.493 e. The van der Waals surface area contributed by atoms with Gasteiger partial charge in [0.25, 0.3) is 0 Å². The minimum absolute atomic E-state index is 0.0393. The molecule has 3 aromatic rings. The Morgan fingerprint density at radius 2 is 2.03 bits per heavy atom. The minimum Gasteiger partial charge on any atom is -0.493 e. The summed E-state index contributed by atoms with van der Waals surface area (Å²) in [5.74, 6) is 0.778. The Labute approximate surface area is 198 Å². The van der Waals surface area contributed by atoms with E-state index in [0.717, 1.165) is 43.7 Å². The third kappa shape index (κ3) is 4.20. The highest BCUT2D eigenvalue weighted by Crippen LogP contribution is 2.33. The molecular formula is C26H28N6O2. The molecule has 2 saturated heterocycles. The van der Waals surface area contributed by atoms with E-state index >= 15 is 0 Å². The van der Waals surface area contributed by atoms with Crippen LogP contribution in [0.4, 0.5) is 0 Å². The van der Waals surface area contributed by atoms with Crippen molar-refractivity contribution in [2.45, 2.75) is 32.2 Å². The van der Waals surface area contributed by atoms with Gasteiger partial charge in [0, 0.05) is 18.3 Å². The Kier molecular flexibility index (Phi) is 6.14. The van der Waals surface area contributed by atoms with Gasteiger partial charge in [-0.1, -0.05) is 6.07 Å². The van der Waals surface area contributed by atoms with E-state index in [9.17, 15) is 9.90 Å². The van der Waals surface area contributed by atoms with Crippen molar-refractivity contribution in [3.05, 3.63) is 59.4 Å². The van der Waals surface area contributed by atoms with Gasteiger partial charge in [0.1, 0.15) is 0 Å². The summed E-state index contributed by atoms with van der Waals surface area (Å²) >= 11 is 0. The number of aromatic nitrogens is 3. The van der Waals surface area contributed by atoms with E-state index in [4.69, 9.17) is 5.26 Å². The number of nitriles is 1. The molecule has 2 N–H and O–H groups in total. The van der Waals surface area contributed by atoms with Crippen LogP contribution in [0, 0.1) is 24.2 Å². The first-order chi connectivity index (χ1) is 16.5. The lowest BCUT2D eigenvalue weighted by Crippen LogP contribution is -2.40. The second-order valence-electron chi connectivity index (χ2n) is 9.19. The zero-order valence-electron chi connectivity index (χ0n) is 19.2. The Hall–Kier alpha value is -3.54. The quantitative estimate of drug-likeness (QED) is 0.549. The first-order valence-electron chi connectivity index (χ1n) is 11.8. The summed E-state index contributed by atoms with van der Waals surface area (Å²) in [4.78, 5) is 20.1. The number of nitrogens with one attached hydrogen (secondary N) is 1. The van der Waals surface area contributed by atoms with Gasteiger partial charge < -0.3 is 15.3 Å². The SMILES string of the molecule is Cc1cc(C#N)ccc1-c1cnn(-c2ccc(C(=O)C3NCC[C@@H]3CN3CCCC3)cn2)c1O. The van der Waals surface area contributed by atoms with Gasteiger partial charge in [0.15, 0.2) is 11.6 Å². The monoisotopic (exact) mass is 456 g/mol. The average molecular weight is 457 g/mol. The van der Waals surface area contributed by atoms with Gasteiger partial charge in [-0.3, -0.25) is 4.79 Å². The summed E-state index contributed by atoms with van der Waals surface area (Å²) in [5.41, 5.74) is 3.35. The third-order valence-corrected chi connectivity index (χ3v) is 6.96. The number of pyridine rings is 1. The van der Waals surface area contributed by atoms with Crippen molar-refractivity contribution in [2.24, 2.45) is 5.92 Å². The molecule has 2 aliphatic heterocycles. The fourth-order valence-corrected chi connectivity index (χ4v) is 5.13. The van der Waals surface area contributed by atoms with Gasteiger partial charge in [-0.25, -0.2) is 4.98 Å². The van der Waals surface area contributed by atoms with Crippen LogP contribution in [0.3, 0.4) is 0 Å². The Bertz CT molecular complexity index is 1240. The molecule has 5 rings (SSSR count). The molecule has 0 saturated carbocycles. The highest BCUT2D eigenvalue weighted by atomic mass is 16.3. The zero-order chi connectivity index (χ0) is 23.7. The zero-order valence-corrected chi connectivity index (χ0v) is 19.2. The number of ketones is 1. The number of aryl methyl sites for hydroxylation is 1. The lowest BCUT2D eigenvalue weighted by molar-refractivity contribution is 0.0917. The molecule has 8 heteroatoms. The van der Waals surface area contributed by atoms with Gasteiger partial charge in [0.2, 0.25) is 5.88 Å². The number of carbonyl (C=O) groups excluding carboxylic acids is 1. The number of hydrogen-bond donors (Lipinski definition) is 2. The van der Waals surface area contributed by atoms with Crippen LogP contribution >= 0.6 is 0 Å². The van der Waals surface area contributed by atoms with Crippen LogP contribution in [-0.2, 0) is 0 Å². The molecule has 0 aliphatic carbocycles. The van der Waals surface area contributed by atoms with Gasteiger partial charge in [-0.05, 0) is 87.1 Å². The van der Waals surface area contributed by atoms with Crippen LogP contribution in [0.2, 0.25) is 0 Å². The second kappa shape index (κ2) is 9.37. The van der Waals surface area contributed by atoms with Crippen LogP contribution in [0.5, 0.6) is 5.88 Å². The number of hydrogen-bond acceptors (Lipinski definition) is 7. The predicted octanol–water partition coefficient (Wildman–Crippen LogP) is 3.08. The van der Waals surface area contributed by atoms with Crippen LogP contribution in [0.1, 0.15) is 40.7 Å². The molecular weight excluding hydrogens is 428 g/mol. The molecule has 2 aliphatic rings. The molecule has 2 atom stereocenters. The fraction of sp³-hybridized carbons (Fsp3) is 0.385. The van der Waals surface area contributed by atoms with Crippen LogP contribution in [0.15, 0.2) is 42.7 Å². The van der Waals surface area contributed by atoms with Gasteiger partial charge in [-0.15, -0.1) is 0 Å². The number of aromatic hydroxyl groups is 1. The summed E-state index contributed by atoms with van der Waals surface area (Å²) < 4.78 is 1.35. The lowest BCUT2D eigenvalue weighted by Gasteiger charge is -2.24. The number of Topliss-reactive ketones (excluding diaryl/α,β-unsaturated/α-hetero) is 1. The van der Waals surface area contributed by atoms with Gasteiger partial charge in [-0.2, -0.15) is 15.0 Å². The highest BCUT2D eigenvalue weighted by Gasteiger charge is 2.34. The van der Waals surface area contributed by atoms with Crippen LogP contribution in [-0.4, -0.2) is 62.8 Å². The Morgan fingerprint density at radius 1 is 1.21 bits per heavy atom. The maximum Gasteiger partial charge on any atom is 0.223 e. The van der Waals surface area contributed by atoms with E-state index in [1.54, 1.807) is 42.7 Å². The van der Waals surface area contributed by atoms with E-state index in [1.807, 2.05) is 6.92 Å². The Morgan fingerprint density at radius 3 is 2.74 bits per heavy atom. The fourth-order valence-electron chi connectivity index (χ4n) is 5.13. The normalized spacial score (nSPS) is 20.5. The summed E-state index contributed by atoms with van der Waals surface area (Å²) in [6, 6.07) is 10.7. The van der Waals surface area contributed by atoms with Gasteiger partial charge >= 0.3 is 0 Å². The van der Waals surface area contributed by atoms with E-state index in [0.29, 0.717) is 28.4 Å². The summed E-state index contributed by atoms with van der Waals surface area (Å²) in [5, 5.41) is 27.6. The number of nitrogens with zero attached hydrogens (tertiary/aromatic N) is 5. The number of benzene rings is 1. The van der Waals surface area contributed by atoms with Crippen LogP contribution < -0.4 is 5.32 Å². The molecule has 0 radical (unpaired) electrons. The maximum atomic E-state index is 13.2. The predicted molar refractivity (Wildman–Crippen MR) is 128 cm³/mol. The van der Waals surface area contributed by atoms with Crippen LogP contribution in [0.25, 0.3) is 16.9 Å². The first kappa shape index (κ1) is 22.3. The summed E-state index contributed by atoms with van der Waals surface area (Å²) in [6.07, 6.45) is 6.65. The topological polar surface area (TPSA) is 107 Å². The van der Waals surface area contributed by atoms with Gasteiger partial charge in [0.05, 0.1) is 29.4 Å². The highest BCUT2D eigenvalue weighted by molar-refractivity contribution is 6.00. The van der Waals surface area contributed by atoms with E-state index in [2.05, 4.69) is 26.4 Å². The molecule has 4 heterocycles. The van der Waals surface area contributed by atoms with Crippen molar-refractivity contribution in [1.29, 1.82) is 5.26 Å². The van der Waals surface area contributed by atoms with E-state index in [-0.39, 0.29) is 17.7 Å². The number of likely N-dealkylation sites (tertiary alicyclic amines) is 1. The molecule has 1 unspecified atom stereocenters. The lowest BCUT2D eigenvalue weighted by atomic mass is 9.93. The minimum atomic E-state index is -0.183. The molecule has 0 bridgehead atoms. The third-order valence-electron chi connectivity index (χ3n) is 6.96. The van der Waals surface area contributed by atoms with Crippen molar-refractivity contribution in [1.82, 2.24) is 25.0 Å². The number of rotatable bonds is 6. The van der Waals surface area contributed by atoms with E-state index < -0.39 is 0 Å². The molecule has 34 heavy (non-hydrogen) atoms. The molecule has 0 amide bonds.